The lowest BCUT2D eigenvalue weighted by Crippen LogP contribution is -2.27. The summed E-state index contributed by atoms with van der Waals surface area (Å²) in [4.78, 5) is 19.1. The Bertz CT molecular complexity index is 684. The maximum atomic E-state index is 12.1. The Morgan fingerprint density at radius 1 is 1.25 bits per heavy atom. The standard InChI is InChI=1S/C15H18N4O/c20-15-5-13(17-14-3-1-2-4-19(14)15)10-18-8-11-6-16-7-12(11)9-18/h1-5,11-12,16H,6-10H2. The molecule has 0 aliphatic carbocycles. The fourth-order valence-electron chi connectivity index (χ4n) is 3.49. The zero-order valence-electron chi connectivity index (χ0n) is 11.3. The van der Waals surface area contributed by atoms with E-state index in [1.54, 1.807) is 16.7 Å². The first-order valence-corrected chi connectivity index (χ1v) is 7.20. The number of aromatic nitrogens is 2. The van der Waals surface area contributed by atoms with E-state index in [9.17, 15) is 4.79 Å². The third-order valence-electron chi connectivity index (χ3n) is 4.47. The van der Waals surface area contributed by atoms with Crippen LogP contribution in [0.2, 0.25) is 0 Å². The molecule has 104 valence electrons. The normalized spacial score (nSPS) is 26.2. The van der Waals surface area contributed by atoms with Crippen molar-refractivity contribution in [3.63, 3.8) is 0 Å². The second-order valence-corrected chi connectivity index (χ2v) is 5.89. The van der Waals surface area contributed by atoms with Gasteiger partial charge < -0.3 is 5.32 Å². The summed E-state index contributed by atoms with van der Waals surface area (Å²) in [7, 11) is 0. The first-order valence-electron chi connectivity index (χ1n) is 7.20. The highest BCUT2D eigenvalue weighted by molar-refractivity contribution is 5.37. The monoisotopic (exact) mass is 270 g/mol. The van der Waals surface area contributed by atoms with Crippen molar-refractivity contribution in [2.75, 3.05) is 26.2 Å². The summed E-state index contributed by atoms with van der Waals surface area (Å²) in [6.45, 7) is 5.29. The fourth-order valence-corrected chi connectivity index (χ4v) is 3.49. The van der Waals surface area contributed by atoms with Crippen LogP contribution in [0.25, 0.3) is 5.65 Å². The Morgan fingerprint density at radius 3 is 2.85 bits per heavy atom. The Labute approximate surface area is 117 Å². The summed E-state index contributed by atoms with van der Waals surface area (Å²) in [6, 6.07) is 7.31. The van der Waals surface area contributed by atoms with Crippen LogP contribution in [-0.2, 0) is 6.54 Å². The van der Waals surface area contributed by atoms with Gasteiger partial charge >= 0.3 is 0 Å². The third-order valence-corrected chi connectivity index (χ3v) is 4.47. The number of hydrogen-bond donors (Lipinski definition) is 1. The first-order chi connectivity index (χ1) is 9.79. The lowest BCUT2D eigenvalue weighted by Gasteiger charge is -2.16. The Balaban J connectivity index is 1.59. The van der Waals surface area contributed by atoms with Crippen LogP contribution in [0.1, 0.15) is 5.69 Å². The molecule has 2 aromatic heterocycles. The van der Waals surface area contributed by atoms with E-state index in [0.29, 0.717) is 0 Å². The maximum absolute atomic E-state index is 12.1. The highest BCUT2D eigenvalue weighted by Gasteiger charge is 2.35. The van der Waals surface area contributed by atoms with Gasteiger partial charge in [-0.3, -0.25) is 14.1 Å². The van der Waals surface area contributed by atoms with Gasteiger partial charge in [0.05, 0.1) is 5.69 Å². The van der Waals surface area contributed by atoms with Crippen molar-refractivity contribution >= 4 is 5.65 Å². The zero-order chi connectivity index (χ0) is 13.5. The molecule has 4 heterocycles. The number of nitrogens with zero attached hydrogens (tertiary/aromatic N) is 3. The molecule has 2 saturated heterocycles. The van der Waals surface area contributed by atoms with Crippen molar-refractivity contribution in [3.8, 4) is 0 Å². The van der Waals surface area contributed by atoms with Crippen LogP contribution in [-0.4, -0.2) is 40.5 Å². The van der Waals surface area contributed by atoms with E-state index in [4.69, 9.17) is 0 Å². The van der Waals surface area contributed by atoms with E-state index in [1.165, 1.54) is 0 Å². The van der Waals surface area contributed by atoms with Crippen molar-refractivity contribution in [1.29, 1.82) is 0 Å². The molecule has 1 N–H and O–H groups in total. The molecule has 0 spiro atoms. The van der Waals surface area contributed by atoms with Crippen LogP contribution in [0, 0.1) is 11.8 Å². The van der Waals surface area contributed by atoms with Crippen LogP contribution in [0.5, 0.6) is 0 Å². The molecule has 0 saturated carbocycles. The topological polar surface area (TPSA) is 49.6 Å². The van der Waals surface area contributed by atoms with Gasteiger partial charge in [0.15, 0.2) is 0 Å². The molecular weight excluding hydrogens is 252 g/mol. The van der Waals surface area contributed by atoms with Crippen LogP contribution < -0.4 is 10.9 Å². The van der Waals surface area contributed by atoms with E-state index < -0.39 is 0 Å². The molecule has 0 amide bonds. The van der Waals surface area contributed by atoms with E-state index >= 15 is 0 Å². The predicted molar refractivity (Wildman–Crippen MR) is 76.6 cm³/mol. The fraction of sp³-hybridized carbons (Fsp3) is 0.467. The number of pyridine rings is 1. The van der Waals surface area contributed by atoms with Crippen LogP contribution in [0.4, 0.5) is 0 Å². The minimum Gasteiger partial charge on any atom is -0.316 e. The maximum Gasteiger partial charge on any atom is 0.258 e. The summed E-state index contributed by atoms with van der Waals surface area (Å²) < 4.78 is 1.59. The van der Waals surface area contributed by atoms with Gasteiger partial charge in [0.25, 0.3) is 5.56 Å². The van der Waals surface area contributed by atoms with Gasteiger partial charge in [0.1, 0.15) is 5.65 Å². The molecule has 20 heavy (non-hydrogen) atoms. The quantitative estimate of drug-likeness (QED) is 0.855. The van der Waals surface area contributed by atoms with Crippen molar-refractivity contribution in [3.05, 3.63) is 46.5 Å². The lowest BCUT2D eigenvalue weighted by molar-refractivity contribution is 0.302. The number of rotatable bonds is 2. The molecule has 0 radical (unpaired) electrons. The molecule has 2 aliphatic rings. The molecule has 5 nitrogen and oxygen atoms in total. The molecular formula is C15H18N4O. The van der Waals surface area contributed by atoms with Crippen LogP contribution in [0.15, 0.2) is 35.3 Å². The zero-order valence-corrected chi connectivity index (χ0v) is 11.3. The van der Waals surface area contributed by atoms with Gasteiger partial charge in [-0.05, 0) is 37.1 Å². The minimum atomic E-state index is 0.00616. The first kappa shape index (κ1) is 12.1. The van der Waals surface area contributed by atoms with E-state index in [0.717, 1.165) is 55.9 Å². The number of hydrogen-bond acceptors (Lipinski definition) is 4. The molecule has 2 atom stereocenters. The average molecular weight is 270 g/mol. The Morgan fingerprint density at radius 2 is 2.05 bits per heavy atom. The largest absolute Gasteiger partial charge is 0.316 e. The SMILES string of the molecule is O=c1cc(CN2CC3CNCC3C2)nc2ccccn12. The number of fused-ring (bicyclic) bond motifs is 2. The van der Waals surface area contributed by atoms with Crippen molar-refractivity contribution in [2.24, 2.45) is 11.8 Å². The molecule has 2 aliphatic heterocycles. The Kier molecular flexibility index (Phi) is 2.82. The summed E-state index contributed by atoms with van der Waals surface area (Å²) in [5.41, 5.74) is 1.62. The van der Waals surface area contributed by atoms with Crippen LogP contribution in [0.3, 0.4) is 0 Å². The average Bonchev–Trinajstić information content (AvgIpc) is 2.99. The molecule has 0 aromatic carbocycles. The minimum absolute atomic E-state index is 0.00616. The van der Waals surface area contributed by atoms with E-state index in [2.05, 4.69) is 15.2 Å². The van der Waals surface area contributed by atoms with Gasteiger partial charge in [-0.1, -0.05) is 6.07 Å². The molecule has 2 aromatic rings. The van der Waals surface area contributed by atoms with E-state index in [1.807, 2.05) is 18.2 Å². The smallest absolute Gasteiger partial charge is 0.258 e. The van der Waals surface area contributed by atoms with Gasteiger partial charge in [-0.25, -0.2) is 4.98 Å². The molecule has 5 heteroatoms. The summed E-state index contributed by atoms with van der Waals surface area (Å²) in [5, 5.41) is 3.45. The highest BCUT2D eigenvalue weighted by atomic mass is 16.1. The van der Waals surface area contributed by atoms with E-state index in [-0.39, 0.29) is 5.56 Å². The number of likely N-dealkylation sites (tertiary alicyclic amines) is 1. The van der Waals surface area contributed by atoms with Gasteiger partial charge in [-0.15, -0.1) is 0 Å². The van der Waals surface area contributed by atoms with Crippen LogP contribution >= 0.6 is 0 Å². The lowest BCUT2D eigenvalue weighted by atomic mass is 10.0. The second-order valence-electron chi connectivity index (χ2n) is 5.89. The summed E-state index contributed by atoms with van der Waals surface area (Å²) in [5.74, 6) is 1.55. The molecule has 4 rings (SSSR count). The van der Waals surface area contributed by atoms with Crippen molar-refractivity contribution < 1.29 is 0 Å². The van der Waals surface area contributed by atoms with Gasteiger partial charge in [-0.2, -0.15) is 0 Å². The molecule has 2 fully saturated rings. The van der Waals surface area contributed by atoms with Crippen molar-refractivity contribution in [1.82, 2.24) is 19.6 Å². The molecule has 0 bridgehead atoms. The Hall–Kier alpha value is -1.72. The predicted octanol–water partition coefficient (Wildman–Crippen LogP) is 0.346. The van der Waals surface area contributed by atoms with Gasteiger partial charge in [0, 0.05) is 31.9 Å². The second kappa shape index (κ2) is 4.68. The highest BCUT2D eigenvalue weighted by Crippen LogP contribution is 2.26. The number of nitrogens with one attached hydrogen (secondary N) is 1. The summed E-state index contributed by atoms with van der Waals surface area (Å²) >= 11 is 0. The summed E-state index contributed by atoms with van der Waals surface area (Å²) in [6.07, 6.45) is 1.76. The van der Waals surface area contributed by atoms with Gasteiger partial charge in [0.2, 0.25) is 0 Å². The third kappa shape index (κ3) is 2.03. The molecule has 2 unspecified atom stereocenters. The van der Waals surface area contributed by atoms with Crippen molar-refractivity contribution in [2.45, 2.75) is 6.54 Å².